The fraction of sp³-hybridized carbons (Fsp3) is 0.500. The van der Waals surface area contributed by atoms with E-state index in [0.717, 1.165) is 24.8 Å². The van der Waals surface area contributed by atoms with Crippen LogP contribution in [0, 0.1) is 0 Å². The van der Waals surface area contributed by atoms with Crippen LogP contribution in [0.25, 0.3) is 0 Å². The van der Waals surface area contributed by atoms with Gasteiger partial charge in [0.25, 0.3) is 10.2 Å². The maximum atomic E-state index is 12.1. The molecule has 0 unspecified atom stereocenters. The topological polar surface area (TPSA) is 86.7 Å². The standard InChI is InChI=1S/C14H20N2O4S/c17-14(18)13-6-4-12(5-7-13)8-9-15-21(19,20)16-10-2-1-3-11-16/h4-7,15H,1-3,8-11H2,(H,17,18). The van der Waals surface area contributed by atoms with E-state index in [9.17, 15) is 13.2 Å². The van der Waals surface area contributed by atoms with Gasteiger partial charge < -0.3 is 5.11 Å². The molecule has 0 spiro atoms. The fourth-order valence-corrected chi connectivity index (χ4v) is 3.62. The van der Waals surface area contributed by atoms with Crippen molar-refractivity contribution in [3.8, 4) is 0 Å². The predicted molar refractivity (Wildman–Crippen MR) is 79.5 cm³/mol. The van der Waals surface area contributed by atoms with Crippen molar-refractivity contribution in [1.29, 1.82) is 0 Å². The van der Waals surface area contributed by atoms with E-state index >= 15 is 0 Å². The van der Waals surface area contributed by atoms with Gasteiger partial charge >= 0.3 is 5.97 Å². The molecule has 0 radical (unpaired) electrons. The highest BCUT2D eigenvalue weighted by atomic mass is 32.2. The van der Waals surface area contributed by atoms with Gasteiger partial charge in [-0.3, -0.25) is 0 Å². The minimum Gasteiger partial charge on any atom is -0.478 e. The molecule has 1 fully saturated rings. The number of carbonyl (C=O) groups is 1. The second kappa shape index (κ2) is 7.02. The summed E-state index contributed by atoms with van der Waals surface area (Å²) in [6.07, 6.45) is 3.45. The van der Waals surface area contributed by atoms with Crippen LogP contribution in [0.4, 0.5) is 0 Å². The van der Waals surface area contributed by atoms with Crippen LogP contribution in [0.15, 0.2) is 24.3 Å². The molecular formula is C14H20N2O4S. The fourth-order valence-electron chi connectivity index (χ4n) is 2.33. The van der Waals surface area contributed by atoms with Crippen molar-refractivity contribution < 1.29 is 18.3 Å². The van der Waals surface area contributed by atoms with Crippen LogP contribution in [-0.4, -0.2) is 43.4 Å². The Morgan fingerprint density at radius 3 is 2.33 bits per heavy atom. The van der Waals surface area contributed by atoms with Crippen molar-refractivity contribution in [3.63, 3.8) is 0 Å². The van der Waals surface area contributed by atoms with Gasteiger partial charge in [0.05, 0.1) is 5.56 Å². The van der Waals surface area contributed by atoms with Crippen LogP contribution < -0.4 is 4.72 Å². The third-order valence-corrected chi connectivity index (χ3v) is 5.17. The first-order chi connectivity index (χ1) is 9.99. The predicted octanol–water partition coefficient (Wildman–Crippen LogP) is 1.25. The van der Waals surface area contributed by atoms with E-state index in [1.165, 1.54) is 16.4 Å². The number of nitrogens with zero attached hydrogens (tertiary/aromatic N) is 1. The van der Waals surface area contributed by atoms with Crippen LogP contribution in [0.5, 0.6) is 0 Å². The Bertz CT molecular complexity index is 577. The zero-order valence-corrected chi connectivity index (χ0v) is 12.6. The zero-order chi connectivity index (χ0) is 15.3. The molecule has 0 atom stereocenters. The number of nitrogens with one attached hydrogen (secondary N) is 1. The highest BCUT2D eigenvalue weighted by molar-refractivity contribution is 7.87. The largest absolute Gasteiger partial charge is 0.478 e. The summed E-state index contributed by atoms with van der Waals surface area (Å²) in [6, 6.07) is 6.46. The van der Waals surface area contributed by atoms with Gasteiger partial charge in [-0.25, -0.2) is 9.52 Å². The van der Waals surface area contributed by atoms with E-state index in [-0.39, 0.29) is 5.56 Å². The summed E-state index contributed by atoms with van der Waals surface area (Å²) in [5.74, 6) is -0.965. The van der Waals surface area contributed by atoms with E-state index in [0.29, 0.717) is 26.1 Å². The average Bonchev–Trinajstić information content (AvgIpc) is 2.48. The van der Waals surface area contributed by atoms with Gasteiger partial charge in [-0.05, 0) is 37.0 Å². The minimum atomic E-state index is -3.39. The minimum absolute atomic E-state index is 0.229. The van der Waals surface area contributed by atoms with Crippen LogP contribution in [0.2, 0.25) is 0 Å². The summed E-state index contributed by atoms with van der Waals surface area (Å²) in [4.78, 5) is 10.7. The molecule has 1 aliphatic heterocycles. The first kappa shape index (κ1) is 15.9. The van der Waals surface area contributed by atoms with Gasteiger partial charge in [0.2, 0.25) is 0 Å². The summed E-state index contributed by atoms with van der Waals surface area (Å²) in [5.41, 5.74) is 1.13. The highest BCUT2D eigenvalue weighted by Crippen LogP contribution is 2.12. The smallest absolute Gasteiger partial charge is 0.335 e. The normalized spacial score (nSPS) is 16.8. The molecule has 2 N–H and O–H groups in total. The Morgan fingerprint density at radius 1 is 1.14 bits per heavy atom. The summed E-state index contributed by atoms with van der Waals surface area (Å²) < 4.78 is 28.2. The molecule has 21 heavy (non-hydrogen) atoms. The molecule has 1 saturated heterocycles. The summed E-state index contributed by atoms with van der Waals surface area (Å²) >= 11 is 0. The number of carboxylic acids is 1. The van der Waals surface area contributed by atoms with Gasteiger partial charge in [0.1, 0.15) is 0 Å². The number of aromatic carboxylic acids is 1. The Hall–Kier alpha value is -1.44. The molecular weight excluding hydrogens is 292 g/mol. The molecule has 0 amide bonds. The number of hydrogen-bond acceptors (Lipinski definition) is 3. The maximum Gasteiger partial charge on any atom is 0.335 e. The van der Waals surface area contributed by atoms with Gasteiger partial charge in [-0.15, -0.1) is 0 Å². The van der Waals surface area contributed by atoms with Crippen molar-refractivity contribution >= 4 is 16.2 Å². The van der Waals surface area contributed by atoms with E-state index in [1.807, 2.05) is 0 Å². The Kier molecular flexibility index (Phi) is 5.33. The van der Waals surface area contributed by atoms with Crippen LogP contribution >= 0.6 is 0 Å². The van der Waals surface area contributed by atoms with Gasteiger partial charge in [-0.1, -0.05) is 18.6 Å². The second-order valence-corrected chi connectivity index (χ2v) is 6.87. The SMILES string of the molecule is O=C(O)c1ccc(CCNS(=O)(=O)N2CCCCC2)cc1. The first-order valence-corrected chi connectivity index (χ1v) is 8.50. The van der Waals surface area contributed by atoms with E-state index in [4.69, 9.17) is 5.11 Å². The molecule has 6 nitrogen and oxygen atoms in total. The maximum absolute atomic E-state index is 12.1. The lowest BCUT2D eigenvalue weighted by molar-refractivity contribution is 0.0697. The van der Waals surface area contributed by atoms with Gasteiger partial charge in [0.15, 0.2) is 0 Å². The molecule has 0 bridgehead atoms. The lowest BCUT2D eigenvalue weighted by Gasteiger charge is -2.25. The zero-order valence-electron chi connectivity index (χ0n) is 11.8. The molecule has 116 valence electrons. The van der Waals surface area contributed by atoms with Crippen LogP contribution in [0.3, 0.4) is 0 Å². The van der Waals surface area contributed by atoms with Crippen molar-refractivity contribution in [2.24, 2.45) is 0 Å². The highest BCUT2D eigenvalue weighted by Gasteiger charge is 2.22. The third kappa shape index (κ3) is 4.52. The van der Waals surface area contributed by atoms with Crippen molar-refractivity contribution in [3.05, 3.63) is 35.4 Å². The summed E-state index contributed by atoms with van der Waals surface area (Å²) in [7, 11) is -3.39. The van der Waals surface area contributed by atoms with Crippen LogP contribution in [0.1, 0.15) is 35.2 Å². The Morgan fingerprint density at radius 2 is 1.76 bits per heavy atom. The molecule has 1 aromatic carbocycles. The van der Waals surface area contributed by atoms with Crippen molar-refractivity contribution in [2.75, 3.05) is 19.6 Å². The molecule has 0 saturated carbocycles. The van der Waals surface area contributed by atoms with Gasteiger partial charge in [0, 0.05) is 19.6 Å². The lowest BCUT2D eigenvalue weighted by Crippen LogP contribution is -2.43. The molecule has 1 aromatic rings. The van der Waals surface area contributed by atoms with E-state index in [1.54, 1.807) is 12.1 Å². The van der Waals surface area contributed by atoms with Crippen LogP contribution in [-0.2, 0) is 16.6 Å². The number of benzene rings is 1. The van der Waals surface area contributed by atoms with Gasteiger partial charge in [-0.2, -0.15) is 12.7 Å². The Labute approximate surface area is 125 Å². The molecule has 7 heteroatoms. The molecule has 1 heterocycles. The number of hydrogen-bond donors (Lipinski definition) is 2. The summed E-state index contributed by atoms with van der Waals surface area (Å²) in [5, 5.41) is 8.81. The Balaban J connectivity index is 1.84. The first-order valence-electron chi connectivity index (χ1n) is 7.06. The van der Waals surface area contributed by atoms with E-state index < -0.39 is 16.2 Å². The number of carboxylic acid groups (broad SMARTS) is 1. The second-order valence-electron chi connectivity index (χ2n) is 5.11. The van der Waals surface area contributed by atoms with E-state index in [2.05, 4.69) is 4.72 Å². The third-order valence-electron chi connectivity index (χ3n) is 3.55. The number of rotatable bonds is 6. The van der Waals surface area contributed by atoms with Crippen molar-refractivity contribution in [1.82, 2.24) is 9.03 Å². The van der Waals surface area contributed by atoms with Crippen molar-refractivity contribution in [2.45, 2.75) is 25.7 Å². The lowest BCUT2D eigenvalue weighted by atomic mass is 10.1. The molecule has 0 aromatic heterocycles. The molecule has 1 aliphatic rings. The molecule has 2 rings (SSSR count). The average molecular weight is 312 g/mol. The summed E-state index contributed by atoms with van der Waals surface area (Å²) in [6.45, 7) is 1.48. The number of piperidine rings is 1. The monoisotopic (exact) mass is 312 g/mol. The molecule has 0 aliphatic carbocycles. The quantitative estimate of drug-likeness (QED) is 0.827.